The van der Waals surface area contributed by atoms with Crippen molar-refractivity contribution in [1.29, 1.82) is 0 Å². The topological polar surface area (TPSA) is 64.1 Å². The molecule has 0 aliphatic carbocycles. The number of aromatic amines is 1. The van der Waals surface area contributed by atoms with E-state index in [2.05, 4.69) is 15.6 Å². The summed E-state index contributed by atoms with van der Waals surface area (Å²) in [6, 6.07) is 3.76. The molecule has 0 aliphatic rings. The Morgan fingerprint density at radius 2 is 2.05 bits per heavy atom. The number of aryl methyl sites for hydroxylation is 1. The third-order valence-electron chi connectivity index (χ3n) is 2.94. The Morgan fingerprint density at radius 1 is 1.32 bits per heavy atom. The van der Waals surface area contributed by atoms with E-state index in [4.69, 9.17) is 33.3 Å². The van der Waals surface area contributed by atoms with Gasteiger partial charge in [0.25, 0.3) is 0 Å². The maximum absolute atomic E-state index is 6.29. The van der Waals surface area contributed by atoms with Crippen LogP contribution in [0.2, 0.25) is 5.02 Å². The van der Waals surface area contributed by atoms with Crippen molar-refractivity contribution in [2.75, 3.05) is 18.6 Å². The number of aromatic nitrogens is 3. The first-order chi connectivity index (χ1) is 10.6. The lowest BCUT2D eigenvalue weighted by Crippen LogP contribution is -2.16. The van der Waals surface area contributed by atoms with Gasteiger partial charge in [-0.05, 0) is 50.7 Å². The second kappa shape index (κ2) is 7.51. The van der Waals surface area contributed by atoms with E-state index in [1.807, 2.05) is 32.9 Å². The summed E-state index contributed by atoms with van der Waals surface area (Å²) in [6.45, 7) is 7.28. The summed E-state index contributed by atoms with van der Waals surface area (Å²) in [4.78, 5) is 0. The van der Waals surface area contributed by atoms with Gasteiger partial charge in [0, 0.05) is 0 Å². The molecule has 0 aliphatic heterocycles. The third kappa shape index (κ3) is 3.72. The Balaban J connectivity index is 2.22. The van der Waals surface area contributed by atoms with Crippen molar-refractivity contribution < 1.29 is 9.47 Å². The van der Waals surface area contributed by atoms with Gasteiger partial charge in [0.15, 0.2) is 11.5 Å². The van der Waals surface area contributed by atoms with Crippen LogP contribution in [-0.2, 0) is 6.54 Å². The molecule has 0 radical (unpaired) electrons. The van der Waals surface area contributed by atoms with E-state index in [-0.39, 0.29) is 0 Å². The SMILES string of the molecule is CCOc1cc(CNn2c(C)n[nH]c2=S)cc(Cl)c1OCC. The molecule has 2 rings (SSSR count). The Morgan fingerprint density at radius 3 is 2.64 bits per heavy atom. The summed E-state index contributed by atoms with van der Waals surface area (Å²) in [5, 5.41) is 7.29. The van der Waals surface area contributed by atoms with E-state index in [9.17, 15) is 0 Å². The van der Waals surface area contributed by atoms with Crippen molar-refractivity contribution in [2.45, 2.75) is 27.3 Å². The second-order valence-electron chi connectivity index (χ2n) is 4.52. The van der Waals surface area contributed by atoms with Gasteiger partial charge in [-0.25, -0.2) is 4.68 Å². The van der Waals surface area contributed by atoms with Crippen LogP contribution in [0.1, 0.15) is 25.2 Å². The first kappa shape index (κ1) is 16.6. The number of hydrogen-bond acceptors (Lipinski definition) is 5. The summed E-state index contributed by atoms with van der Waals surface area (Å²) in [5.74, 6) is 1.97. The minimum absolute atomic E-state index is 0.513. The molecule has 1 aromatic heterocycles. The summed E-state index contributed by atoms with van der Waals surface area (Å²) in [7, 11) is 0. The molecule has 8 heteroatoms. The highest BCUT2D eigenvalue weighted by molar-refractivity contribution is 7.71. The summed E-state index contributed by atoms with van der Waals surface area (Å²) in [6.07, 6.45) is 0. The Labute approximate surface area is 139 Å². The van der Waals surface area contributed by atoms with Gasteiger partial charge >= 0.3 is 0 Å². The van der Waals surface area contributed by atoms with Crippen LogP contribution >= 0.6 is 23.8 Å². The number of halogens is 1. The number of nitrogens with one attached hydrogen (secondary N) is 2. The fourth-order valence-electron chi connectivity index (χ4n) is 2.00. The van der Waals surface area contributed by atoms with Crippen LogP contribution in [0.5, 0.6) is 11.5 Å². The van der Waals surface area contributed by atoms with E-state index >= 15 is 0 Å². The molecule has 0 saturated carbocycles. The Kier molecular flexibility index (Phi) is 5.68. The molecule has 2 aromatic rings. The number of nitrogens with zero attached hydrogens (tertiary/aromatic N) is 2. The molecule has 6 nitrogen and oxygen atoms in total. The van der Waals surface area contributed by atoms with Gasteiger partial charge in [-0.2, -0.15) is 5.10 Å². The standard InChI is InChI=1S/C14H19ClN4O2S/c1-4-20-12-7-10(6-11(15)13(12)21-5-2)8-16-19-9(3)17-18-14(19)22/h6-7,16H,4-5,8H2,1-3H3,(H,18,22). The molecule has 2 N–H and O–H groups in total. The summed E-state index contributed by atoms with van der Waals surface area (Å²) in [5.41, 5.74) is 4.15. The summed E-state index contributed by atoms with van der Waals surface area (Å²) >= 11 is 11.4. The molecule has 0 saturated heterocycles. The minimum atomic E-state index is 0.513. The molecule has 120 valence electrons. The minimum Gasteiger partial charge on any atom is -0.490 e. The van der Waals surface area contributed by atoms with E-state index in [0.717, 1.165) is 11.4 Å². The predicted octanol–water partition coefficient (Wildman–Crippen LogP) is 3.44. The molecular formula is C14H19ClN4O2S. The fraction of sp³-hybridized carbons (Fsp3) is 0.429. The van der Waals surface area contributed by atoms with Gasteiger partial charge in [-0.15, -0.1) is 0 Å². The molecule has 0 unspecified atom stereocenters. The van der Waals surface area contributed by atoms with Crippen LogP contribution in [0.4, 0.5) is 0 Å². The highest BCUT2D eigenvalue weighted by Gasteiger charge is 2.12. The normalized spacial score (nSPS) is 10.5. The highest BCUT2D eigenvalue weighted by Crippen LogP contribution is 2.36. The maximum atomic E-state index is 6.29. The fourth-order valence-corrected chi connectivity index (χ4v) is 2.53. The van der Waals surface area contributed by atoms with E-state index in [1.54, 1.807) is 4.68 Å². The monoisotopic (exact) mass is 342 g/mol. The average Bonchev–Trinajstić information content (AvgIpc) is 2.80. The van der Waals surface area contributed by atoms with E-state index in [1.165, 1.54) is 0 Å². The highest BCUT2D eigenvalue weighted by atomic mass is 35.5. The first-order valence-electron chi connectivity index (χ1n) is 7.02. The maximum Gasteiger partial charge on any atom is 0.214 e. The average molecular weight is 343 g/mol. The van der Waals surface area contributed by atoms with Crippen LogP contribution in [0, 0.1) is 11.7 Å². The Hall–Kier alpha value is -1.73. The number of rotatable bonds is 7. The quantitative estimate of drug-likeness (QED) is 0.754. The lowest BCUT2D eigenvalue weighted by Gasteiger charge is -2.15. The number of hydrogen-bond donors (Lipinski definition) is 2. The number of ether oxygens (including phenoxy) is 2. The zero-order chi connectivity index (χ0) is 16.1. The third-order valence-corrected chi connectivity index (χ3v) is 3.49. The molecule has 22 heavy (non-hydrogen) atoms. The van der Waals surface area contributed by atoms with Crippen molar-refractivity contribution in [3.63, 3.8) is 0 Å². The summed E-state index contributed by atoms with van der Waals surface area (Å²) < 4.78 is 13.4. The van der Waals surface area contributed by atoms with Crippen LogP contribution in [-0.4, -0.2) is 28.1 Å². The molecule has 1 heterocycles. The predicted molar refractivity (Wildman–Crippen MR) is 89.0 cm³/mol. The smallest absolute Gasteiger partial charge is 0.214 e. The van der Waals surface area contributed by atoms with Crippen LogP contribution in [0.3, 0.4) is 0 Å². The zero-order valence-electron chi connectivity index (χ0n) is 12.8. The van der Waals surface area contributed by atoms with Crippen molar-refractivity contribution in [3.05, 3.63) is 33.3 Å². The van der Waals surface area contributed by atoms with Gasteiger partial charge in [0.1, 0.15) is 5.82 Å². The molecular weight excluding hydrogens is 324 g/mol. The van der Waals surface area contributed by atoms with Gasteiger partial charge in [0.2, 0.25) is 4.77 Å². The number of H-pyrrole nitrogens is 1. The van der Waals surface area contributed by atoms with Crippen molar-refractivity contribution in [2.24, 2.45) is 0 Å². The lowest BCUT2D eigenvalue weighted by atomic mass is 10.2. The van der Waals surface area contributed by atoms with Crippen LogP contribution in [0.15, 0.2) is 12.1 Å². The first-order valence-corrected chi connectivity index (χ1v) is 7.81. The van der Waals surface area contributed by atoms with Gasteiger partial charge < -0.3 is 14.9 Å². The lowest BCUT2D eigenvalue weighted by molar-refractivity contribution is 0.287. The van der Waals surface area contributed by atoms with Gasteiger partial charge in [-0.3, -0.25) is 5.10 Å². The van der Waals surface area contributed by atoms with Crippen LogP contribution < -0.4 is 14.9 Å². The molecule has 1 aromatic carbocycles. The van der Waals surface area contributed by atoms with E-state index in [0.29, 0.717) is 41.1 Å². The molecule has 0 fully saturated rings. The zero-order valence-corrected chi connectivity index (χ0v) is 14.3. The molecule has 0 bridgehead atoms. The van der Waals surface area contributed by atoms with Crippen molar-refractivity contribution >= 4 is 23.8 Å². The molecule has 0 spiro atoms. The largest absolute Gasteiger partial charge is 0.490 e. The van der Waals surface area contributed by atoms with Gasteiger partial charge in [-0.1, -0.05) is 11.6 Å². The van der Waals surface area contributed by atoms with Crippen LogP contribution in [0.25, 0.3) is 0 Å². The molecule has 0 atom stereocenters. The Bertz CT molecular complexity index is 699. The van der Waals surface area contributed by atoms with E-state index < -0.39 is 0 Å². The van der Waals surface area contributed by atoms with Crippen molar-refractivity contribution in [1.82, 2.24) is 14.9 Å². The number of benzene rings is 1. The second-order valence-corrected chi connectivity index (χ2v) is 5.31. The van der Waals surface area contributed by atoms with Crippen molar-refractivity contribution in [3.8, 4) is 11.5 Å². The van der Waals surface area contributed by atoms with Gasteiger partial charge in [0.05, 0.1) is 24.8 Å². The molecule has 0 amide bonds.